The van der Waals surface area contributed by atoms with Gasteiger partial charge in [0.1, 0.15) is 11.4 Å². The van der Waals surface area contributed by atoms with Crippen LogP contribution in [0.3, 0.4) is 0 Å². The van der Waals surface area contributed by atoms with Gasteiger partial charge in [0.25, 0.3) is 5.91 Å². The molecule has 3 heterocycles. The molecule has 0 saturated heterocycles. The predicted molar refractivity (Wildman–Crippen MR) is 102 cm³/mol. The summed E-state index contributed by atoms with van der Waals surface area (Å²) < 4.78 is 5.41. The first-order valence-electron chi connectivity index (χ1n) is 8.75. The molecule has 1 N–H and O–H groups in total. The number of aryl methyl sites for hydroxylation is 1. The van der Waals surface area contributed by atoms with Crippen molar-refractivity contribution >= 4 is 5.91 Å². The number of aromatic nitrogens is 5. The van der Waals surface area contributed by atoms with Gasteiger partial charge in [0.05, 0.1) is 18.1 Å². The fourth-order valence-corrected chi connectivity index (χ4v) is 3.00. The van der Waals surface area contributed by atoms with E-state index in [0.29, 0.717) is 18.5 Å². The van der Waals surface area contributed by atoms with Crippen molar-refractivity contribution in [2.45, 2.75) is 6.42 Å². The lowest BCUT2D eigenvalue weighted by Gasteiger charge is -2.08. The molecule has 4 rings (SSSR count). The molecule has 0 unspecified atom stereocenters. The van der Waals surface area contributed by atoms with E-state index < -0.39 is 0 Å². The van der Waals surface area contributed by atoms with Crippen molar-refractivity contribution in [1.82, 2.24) is 29.4 Å². The van der Waals surface area contributed by atoms with Crippen molar-refractivity contribution in [3.8, 4) is 11.5 Å². The van der Waals surface area contributed by atoms with Crippen molar-refractivity contribution in [1.29, 1.82) is 0 Å². The van der Waals surface area contributed by atoms with Crippen LogP contribution in [-0.2, 0) is 13.5 Å². The number of hydrogen-bond acceptors (Lipinski definition) is 3. The van der Waals surface area contributed by atoms with Crippen molar-refractivity contribution < 1.29 is 4.79 Å². The molecule has 0 bridgehead atoms. The van der Waals surface area contributed by atoms with Gasteiger partial charge in [0.2, 0.25) is 0 Å². The number of rotatable bonds is 6. The Hall–Kier alpha value is -3.61. The van der Waals surface area contributed by atoms with E-state index in [1.165, 1.54) is 0 Å². The Morgan fingerprint density at radius 1 is 1.04 bits per heavy atom. The van der Waals surface area contributed by atoms with Crippen molar-refractivity contribution in [2.75, 3.05) is 6.54 Å². The minimum absolute atomic E-state index is 0.137. The first kappa shape index (κ1) is 16.8. The third-order valence-electron chi connectivity index (χ3n) is 4.36. The molecule has 0 saturated carbocycles. The highest BCUT2D eigenvalue weighted by Crippen LogP contribution is 2.14. The number of nitrogens with zero attached hydrogens (tertiary/aromatic N) is 5. The van der Waals surface area contributed by atoms with Gasteiger partial charge in [-0.2, -0.15) is 10.2 Å². The maximum Gasteiger partial charge on any atom is 0.256 e. The fraction of sp³-hybridized carbons (Fsp3) is 0.150. The molecule has 136 valence electrons. The van der Waals surface area contributed by atoms with Gasteiger partial charge in [-0.25, -0.2) is 4.68 Å². The van der Waals surface area contributed by atoms with Crippen LogP contribution < -0.4 is 5.32 Å². The quantitative estimate of drug-likeness (QED) is 0.574. The van der Waals surface area contributed by atoms with E-state index in [4.69, 9.17) is 0 Å². The highest BCUT2D eigenvalue weighted by Gasteiger charge is 2.16. The molecule has 7 heteroatoms. The number of amides is 1. The molecule has 3 aromatic heterocycles. The molecular weight excluding hydrogens is 340 g/mol. The van der Waals surface area contributed by atoms with E-state index in [-0.39, 0.29) is 5.91 Å². The Bertz CT molecular complexity index is 1030. The zero-order chi connectivity index (χ0) is 18.6. The summed E-state index contributed by atoms with van der Waals surface area (Å²) in [4.78, 5) is 12.6. The average molecular weight is 360 g/mol. The number of para-hydroxylation sites is 1. The van der Waals surface area contributed by atoms with Crippen LogP contribution >= 0.6 is 0 Å². The Labute approximate surface area is 156 Å². The van der Waals surface area contributed by atoms with Gasteiger partial charge >= 0.3 is 0 Å². The molecule has 0 spiro atoms. The van der Waals surface area contributed by atoms with E-state index in [1.807, 2.05) is 83.5 Å². The Balaban J connectivity index is 1.39. The van der Waals surface area contributed by atoms with Gasteiger partial charge in [-0.3, -0.25) is 9.48 Å². The minimum Gasteiger partial charge on any atom is -0.352 e. The molecule has 0 fully saturated rings. The highest BCUT2D eigenvalue weighted by molar-refractivity contribution is 5.97. The summed E-state index contributed by atoms with van der Waals surface area (Å²) in [7, 11) is 1.82. The van der Waals surface area contributed by atoms with Gasteiger partial charge in [0, 0.05) is 32.2 Å². The molecule has 7 nitrogen and oxygen atoms in total. The summed E-state index contributed by atoms with van der Waals surface area (Å²) in [6.45, 7) is 0.527. The first-order valence-corrected chi connectivity index (χ1v) is 8.75. The monoisotopic (exact) mass is 360 g/mol. The van der Waals surface area contributed by atoms with E-state index in [2.05, 4.69) is 15.5 Å². The van der Waals surface area contributed by atoms with Crippen LogP contribution in [0.5, 0.6) is 0 Å². The molecule has 4 aromatic rings. The molecule has 0 aliphatic heterocycles. The normalized spacial score (nSPS) is 10.9. The predicted octanol–water partition coefficient (Wildman–Crippen LogP) is 2.37. The Morgan fingerprint density at radius 2 is 1.81 bits per heavy atom. The maximum absolute atomic E-state index is 12.6. The van der Waals surface area contributed by atoms with Gasteiger partial charge in [-0.05, 0) is 36.2 Å². The maximum atomic E-state index is 12.6. The molecule has 0 atom stereocenters. The van der Waals surface area contributed by atoms with E-state index in [0.717, 1.165) is 17.1 Å². The van der Waals surface area contributed by atoms with Crippen LogP contribution in [0.25, 0.3) is 11.5 Å². The smallest absolute Gasteiger partial charge is 0.256 e. The summed E-state index contributed by atoms with van der Waals surface area (Å²) >= 11 is 0. The van der Waals surface area contributed by atoms with E-state index >= 15 is 0 Å². The summed E-state index contributed by atoms with van der Waals surface area (Å²) in [6, 6.07) is 13.8. The second kappa shape index (κ2) is 7.33. The number of hydrogen-bond donors (Lipinski definition) is 1. The molecule has 27 heavy (non-hydrogen) atoms. The van der Waals surface area contributed by atoms with Crippen LogP contribution in [0.2, 0.25) is 0 Å². The lowest BCUT2D eigenvalue weighted by molar-refractivity contribution is 0.0954. The highest BCUT2D eigenvalue weighted by atomic mass is 16.1. The van der Waals surface area contributed by atoms with Gasteiger partial charge < -0.3 is 9.88 Å². The standard InChI is InChI=1S/C20H20N6O/c1-24-20(25-11-5-6-12-25)18(14-22-24)19(27)21-10-9-16-13-23-26(15-16)17-7-3-2-4-8-17/h2-8,11-15H,9-10H2,1H3,(H,21,27). The van der Waals surface area contributed by atoms with Crippen LogP contribution in [-0.4, -0.2) is 36.6 Å². The van der Waals surface area contributed by atoms with E-state index in [1.54, 1.807) is 10.9 Å². The molecule has 0 aliphatic carbocycles. The third-order valence-corrected chi connectivity index (χ3v) is 4.36. The van der Waals surface area contributed by atoms with Crippen molar-refractivity contribution in [3.05, 3.63) is 84.6 Å². The second-order valence-electron chi connectivity index (χ2n) is 6.23. The molecule has 1 aromatic carbocycles. The summed E-state index contributed by atoms with van der Waals surface area (Å²) in [5, 5.41) is 11.6. The second-order valence-corrected chi connectivity index (χ2v) is 6.23. The lowest BCUT2D eigenvalue weighted by Crippen LogP contribution is -2.26. The summed E-state index contributed by atoms with van der Waals surface area (Å²) in [5.74, 6) is 0.608. The van der Waals surface area contributed by atoms with Gasteiger partial charge in [-0.15, -0.1) is 0 Å². The van der Waals surface area contributed by atoms with Crippen molar-refractivity contribution in [2.24, 2.45) is 7.05 Å². The number of nitrogens with one attached hydrogen (secondary N) is 1. The topological polar surface area (TPSA) is 69.7 Å². The summed E-state index contributed by atoms with van der Waals surface area (Å²) in [6.07, 6.45) is 9.90. The van der Waals surface area contributed by atoms with Crippen LogP contribution in [0.4, 0.5) is 0 Å². The average Bonchev–Trinajstić information content (AvgIpc) is 3.43. The lowest BCUT2D eigenvalue weighted by atomic mass is 10.2. The van der Waals surface area contributed by atoms with Crippen LogP contribution in [0.15, 0.2) is 73.4 Å². The summed E-state index contributed by atoms with van der Waals surface area (Å²) in [5.41, 5.74) is 2.63. The fourth-order valence-electron chi connectivity index (χ4n) is 3.00. The van der Waals surface area contributed by atoms with E-state index in [9.17, 15) is 4.79 Å². The molecular formula is C20H20N6O. The van der Waals surface area contributed by atoms with Crippen LogP contribution in [0, 0.1) is 0 Å². The zero-order valence-corrected chi connectivity index (χ0v) is 15.0. The molecule has 0 radical (unpaired) electrons. The minimum atomic E-state index is -0.137. The molecule has 1 amide bonds. The third kappa shape index (κ3) is 3.52. The Morgan fingerprint density at radius 3 is 2.59 bits per heavy atom. The number of carbonyl (C=O) groups excluding carboxylic acids is 1. The Kier molecular flexibility index (Phi) is 4.57. The largest absolute Gasteiger partial charge is 0.352 e. The number of carbonyl (C=O) groups is 1. The molecule has 0 aliphatic rings. The van der Waals surface area contributed by atoms with Gasteiger partial charge in [0.15, 0.2) is 0 Å². The zero-order valence-electron chi connectivity index (χ0n) is 15.0. The first-order chi connectivity index (χ1) is 13.2. The van der Waals surface area contributed by atoms with Crippen molar-refractivity contribution in [3.63, 3.8) is 0 Å². The van der Waals surface area contributed by atoms with Gasteiger partial charge in [-0.1, -0.05) is 18.2 Å². The van der Waals surface area contributed by atoms with Crippen LogP contribution in [0.1, 0.15) is 15.9 Å². The number of benzene rings is 1. The SMILES string of the molecule is Cn1ncc(C(=O)NCCc2cnn(-c3ccccc3)c2)c1-n1cccc1.